The first kappa shape index (κ1) is 15.4. The van der Waals surface area contributed by atoms with Gasteiger partial charge in [0, 0.05) is 17.5 Å². The van der Waals surface area contributed by atoms with Gasteiger partial charge >= 0.3 is 0 Å². The molecule has 0 saturated carbocycles. The summed E-state index contributed by atoms with van der Waals surface area (Å²) in [6.45, 7) is 0.396. The quantitative estimate of drug-likeness (QED) is 0.457. The topological polar surface area (TPSA) is 99.6 Å². The number of aromatic nitrogens is 4. The summed E-state index contributed by atoms with van der Waals surface area (Å²) < 4.78 is 5.02. The molecule has 0 atom stereocenters. The molecule has 0 unspecified atom stereocenters. The lowest BCUT2D eigenvalue weighted by molar-refractivity contribution is 0.0952. The molecular weight excluding hydrogens is 342 g/mol. The first-order valence-corrected chi connectivity index (χ1v) is 8.51. The predicted molar refractivity (Wildman–Crippen MR) is 101 cm³/mol. The highest BCUT2D eigenvalue weighted by Gasteiger charge is 2.17. The highest BCUT2D eigenvalue weighted by molar-refractivity contribution is 6.05. The number of H-pyrrole nitrogens is 2. The number of carbonyl (C=O) groups excluding carboxylic acids is 1. The number of furan rings is 1. The summed E-state index contributed by atoms with van der Waals surface area (Å²) in [7, 11) is 0. The average molecular weight is 357 g/mol. The molecule has 132 valence electrons. The van der Waals surface area contributed by atoms with Crippen molar-refractivity contribution in [3.05, 3.63) is 72.2 Å². The van der Waals surface area contributed by atoms with Crippen molar-refractivity contribution >= 4 is 27.8 Å². The largest absolute Gasteiger partial charge is 0.472 e. The Kier molecular flexibility index (Phi) is 3.50. The van der Waals surface area contributed by atoms with Crippen molar-refractivity contribution in [3.63, 3.8) is 0 Å². The number of fused-ring (bicyclic) bond motifs is 2. The second-order valence-corrected chi connectivity index (χ2v) is 6.22. The van der Waals surface area contributed by atoms with Crippen molar-refractivity contribution in [2.75, 3.05) is 0 Å². The van der Waals surface area contributed by atoms with E-state index in [1.807, 2.05) is 42.5 Å². The van der Waals surface area contributed by atoms with Gasteiger partial charge in [0.05, 0.1) is 29.1 Å². The molecule has 5 rings (SSSR count). The number of hydrogen-bond acceptors (Lipinski definition) is 4. The Balaban J connectivity index is 1.52. The zero-order valence-electron chi connectivity index (χ0n) is 14.2. The normalized spacial score (nSPS) is 11.3. The van der Waals surface area contributed by atoms with Crippen LogP contribution in [0.15, 0.2) is 65.5 Å². The summed E-state index contributed by atoms with van der Waals surface area (Å²) in [5.74, 6) is 0.435. The smallest absolute Gasteiger partial charge is 0.253 e. The molecular formula is C20H15N5O2. The molecule has 5 aromatic rings. The highest BCUT2D eigenvalue weighted by atomic mass is 16.3. The van der Waals surface area contributed by atoms with Crippen molar-refractivity contribution in [1.29, 1.82) is 0 Å². The molecule has 0 bridgehead atoms. The van der Waals surface area contributed by atoms with Crippen LogP contribution >= 0.6 is 0 Å². The van der Waals surface area contributed by atoms with E-state index in [1.54, 1.807) is 18.6 Å². The van der Waals surface area contributed by atoms with Gasteiger partial charge in [-0.15, -0.1) is 0 Å². The molecule has 3 N–H and O–H groups in total. The zero-order chi connectivity index (χ0) is 18.2. The maximum Gasteiger partial charge on any atom is 0.253 e. The van der Waals surface area contributed by atoms with Crippen LogP contribution in [0.4, 0.5) is 0 Å². The zero-order valence-corrected chi connectivity index (χ0v) is 14.2. The van der Waals surface area contributed by atoms with Crippen LogP contribution in [-0.4, -0.2) is 26.1 Å². The Hall–Kier alpha value is -3.87. The maximum absolute atomic E-state index is 12.6. The molecule has 3 heterocycles. The Morgan fingerprint density at radius 1 is 1.07 bits per heavy atom. The number of para-hydroxylation sites is 2. The van der Waals surface area contributed by atoms with Gasteiger partial charge < -0.3 is 14.7 Å². The molecule has 27 heavy (non-hydrogen) atoms. The molecule has 7 heteroatoms. The molecule has 7 nitrogen and oxygen atoms in total. The van der Waals surface area contributed by atoms with E-state index in [0.717, 1.165) is 27.7 Å². The minimum Gasteiger partial charge on any atom is -0.472 e. The Bertz CT molecular complexity index is 1250. The van der Waals surface area contributed by atoms with E-state index in [-0.39, 0.29) is 5.91 Å². The first-order chi connectivity index (χ1) is 13.3. The molecule has 3 aromatic heterocycles. The standard InChI is InChI=1S/C20H15N5O2/c26-20(21-10-12-8-9-27-11-12)14-5-3-7-16-17(14)23-19(22-16)18-13-4-1-2-6-15(13)24-25-18/h1-9,11H,10H2,(H,21,26)(H,22,23)(H,24,25). The first-order valence-electron chi connectivity index (χ1n) is 8.51. The molecule has 0 saturated heterocycles. The maximum atomic E-state index is 12.6. The number of aromatic amines is 2. The molecule has 2 aromatic carbocycles. The second-order valence-electron chi connectivity index (χ2n) is 6.22. The second kappa shape index (κ2) is 6.14. The number of rotatable bonds is 4. The number of amides is 1. The third-order valence-corrected chi connectivity index (χ3v) is 4.49. The van der Waals surface area contributed by atoms with E-state index in [9.17, 15) is 4.79 Å². The lowest BCUT2D eigenvalue weighted by Crippen LogP contribution is -2.22. The monoisotopic (exact) mass is 357 g/mol. The van der Waals surface area contributed by atoms with Gasteiger partial charge in [0.2, 0.25) is 0 Å². The van der Waals surface area contributed by atoms with Gasteiger partial charge in [0.1, 0.15) is 11.2 Å². The van der Waals surface area contributed by atoms with Gasteiger partial charge in [-0.1, -0.05) is 24.3 Å². The van der Waals surface area contributed by atoms with E-state index in [0.29, 0.717) is 23.4 Å². The predicted octanol–water partition coefficient (Wildman–Crippen LogP) is 3.63. The molecule has 1 amide bonds. The third-order valence-electron chi connectivity index (χ3n) is 4.49. The number of nitrogens with one attached hydrogen (secondary N) is 3. The lowest BCUT2D eigenvalue weighted by Gasteiger charge is -2.04. The van der Waals surface area contributed by atoms with E-state index in [1.165, 1.54) is 0 Å². The fourth-order valence-electron chi connectivity index (χ4n) is 3.14. The fourth-order valence-corrected chi connectivity index (χ4v) is 3.14. The van der Waals surface area contributed by atoms with Crippen LogP contribution in [0.1, 0.15) is 15.9 Å². The molecule has 0 fully saturated rings. The molecule has 0 aliphatic carbocycles. The minimum atomic E-state index is -0.188. The van der Waals surface area contributed by atoms with Gasteiger partial charge in [0.25, 0.3) is 5.91 Å². The van der Waals surface area contributed by atoms with Crippen LogP contribution in [0.25, 0.3) is 33.5 Å². The summed E-state index contributed by atoms with van der Waals surface area (Å²) in [5.41, 5.74) is 4.48. The number of imidazole rings is 1. The lowest BCUT2D eigenvalue weighted by atomic mass is 10.1. The highest BCUT2D eigenvalue weighted by Crippen LogP contribution is 2.27. The third kappa shape index (κ3) is 2.65. The van der Waals surface area contributed by atoms with E-state index in [4.69, 9.17) is 4.42 Å². The van der Waals surface area contributed by atoms with Crippen molar-refractivity contribution in [2.24, 2.45) is 0 Å². The fraction of sp³-hybridized carbons (Fsp3) is 0.0500. The van der Waals surface area contributed by atoms with E-state index in [2.05, 4.69) is 25.5 Å². The summed E-state index contributed by atoms with van der Waals surface area (Å²) in [4.78, 5) is 20.6. The van der Waals surface area contributed by atoms with Gasteiger partial charge in [-0.25, -0.2) is 4.98 Å². The Morgan fingerprint density at radius 2 is 1.96 bits per heavy atom. The van der Waals surface area contributed by atoms with Crippen molar-refractivity contribution in [2.45, 2.75) is 6.54 Å². The number of nitrogens with zero attached hydrogens (tertiary/aromatic N) is 2. The molecule has 0 radical (unpaired) electrons. The van der Waals surface area contributed by atoms with Gasteiger partial charge in [-0.3, -0.25) is 9.89 Å². The van der Waals surface area contributed by atoms with Gasteiger partial charge in [-0.2, -0.15) is 5.10 Å². The van der Waals surface area contributed by atoms with Crippen LogP contribution in [0, 0.1) is 0 Å². The van der Waals surface area contributed by atoms with Crippen molar-refractivity contribution in [3.8, 4) is 11.5 Å². The van der Waals surface area contributed by atoms with E-state index < -0.39 is 0 Å². The molecule has 0 spiro atoms. The van der Waals surface area contributed by atoms with Crippen LogP contribution in [-0.2, 0) is 6.54 Å². The summed E-state index contributed by atoms with van der Waals surface area (Å²) in [6.07, 6.45) is 3.19. The average Bonchev–Trinajstić information content (AvgIpc) is 3.44. The molecule has 0 aliphatic rings. The van der Waals surface area contributed by atoms with Crippen LogP contribution in [0.3, 0.4) is 0 Å². The summed E-state index contributed by atoms with van der Waals surface area (Å²) in [5, 5.41) is 11.2. The molecule has 0 aliphatic heterocycles. The summed E-state index contributed by atoms with van der Waals surface area (Å²) in [6, 6.07) is 15.2. The van der Waals surface area contributed by atoms with Crippen LogP contribution < -0.4 is 5.32 Å². The van der Waals surface area contributed by atoms with Crippen LogP contribution in [0.5, 0.6) is 0 Å². The van der Waals surface area contributed by atoms with Gasteiger partial charge in [-0.05, 0) is 24.3 Å². The van der Waals surface area contributed by atoms with E-state index >= 15 is 0 Å². The minimum absolute atomic E-state index is 0.188. The number of benzene rings is 2. The SMILES string of the molecule is O=C(NCc1ccoc1)c1cccc2[nH]c(-c3n[nH]c4ccccc34)nc12. The van der Waals surface area contributed by atoms with Crippen molar-refractivity contribution < 1.29 is 9.21 Å². The summed E-state index contributed by atoms with van der Waals surface area (Å²) >= 11 is 0. The van der Waals surface area contributed by atoms with Gasteiger partial charge in [0.15, 0.2) is 5.82 Å². The number of carbonyl (C=O) groups is 1. The van der Waals surface area contributed by atoms with Crippen molar-refractivity contribution in [1.82, 2.24) is 25.5 Å². The van der Waals surface area contributed by atoms with Crippen LogP contribution in [0.2, 0.25) is 0 Å². The number of hydrogen-bond donors (Lipinski definition) is 3. The Labute approximate surface area is 153 Å². The Morgan fingerprint density at radius 3 is 2.85 bits per heavy atom.